The van der Waals surface area contributed by atoms with Gasteiger partial charge in [-0.3, -0.25) is 14.5 Å². The lowest BCUT2D eigenvalue weighted by Gasteiger charge is -2.25. The zero-order valence-electron chi connectivity index (χ0n) is 12.7. The molecule has 0 radical (unpaired) electrons. The quantitative estimate of drug-likeness (QED) is 0.796. The molecule has 0 fully saturated rings. The Kier molecular flexibility index (Phi) is 5.48. The van der Waals surface area contributed by atoms with Crippen molar-refractivity contribution in [1.82, 2.24) is 20.4 Å². The second-order valence-corrected chi connectivity index (χ2v) is 5.23. The number of nitrogens with one attached hydrogen (secondary N) is 2. The largest absolute Gasteiger partial charge is 0.468 e. The van der Waals surface area contributed by atoms with Crippen LogP contribution in [0.2, 0.25) is 0 Å². The second-order valence-electron chi connectivity index (χ2n) is 5.23. The van der Waals surface area contributed by atoms with Crippen LogP contribution < -0.4 is 10.9 Å². The lowest BCUT2D eigenvalue weighted by atomic mass is 10.2. The van der Waals surface area contributed by atoms with Gasteiger partial charge in [0.15, 0.2) is 0 Å². The van der Waals surface area contributed by atoms with Crippen molar-refractivity contribution in [1.29, 1.82) is 0 Å². The van der Waals surface area contributed by atoms with Crippen molar-refractivity contribution in [3.8, 4) is 0 Å². The molecule has 7 nitrogen and oxygen atoms in total. The van der Waals surface area contributed by atoms with Crippen LogP contribution in [0.1, 0.15) is 30.0 Å². The van der Waals surface area contributed by atoms with Crippen LogP contribution in [0.5, 0.6) is 0 Å². The van der Waals surface area contributed by atoms with Crippen molar-refractivity contribution in [2.75, 3.05) is 13.1 Å². The van der Waals surface area contributed by atoms with Crippen molar-refractivity contribution >= 4 is 5.91 Å². The van der Waals surface area contributed by atoms with Gasteiger partial charge >= 0.3 is 0 Å². The molecule has 2 aromatic rings. The number of H-pyrrole nitrogens is 1. The summed E-state index contributed by atoms with van der Waals surface area (Å²) in [5, 5.41) is 8.63. The molecule has 1 amide bonds. The minimum atomic E-state index is -0.394. The molecular weight excluding hydrogens is 284 g/mol. The fourth-order valence-corrected chi connectivity index (χ4v) is 2.04. The average molecular weight is 304 g/mol. The molecule has 118 valence electrons. The number of carbonyl (C=O) groups excluding carboxylic acids is 1. The fourth-order valence-electron chi connectivity index (χ4n) is 2.04. The number of aromatic amines is 1. The van der Waals surface area contributed by atoms with Gasteiger partial charge in [-0.15, -0.1) is 0 Å². The van der Waals surface area contributed by atoms with Crippen LogP contribution in [-0.2, 0) is 6.54 Å². The van der Waals surface area contributed by atoms with Gasteiger partial charge in [0.05, 0.1) is 24.6 Å². The Morgan fingerprint density at radius 2 is 2.32 bits per heavy atom. The second kappa shape index (κ2) is 7.56. The van der Waals surface area contributed by atoms with Gasteiger partial charge in [0, 0.05) is 25.2 Å². The van der Waals surface area contributed by atoms with Gasteiger partial charge in [0.1, 0.15) is 5.76 Å². The van der Waals surface area contributed by atoms with E-state index in [9.17, 15) is 9.59 Å². The van der Waals surface area contributed by atoms with Crippen LogP contribution in [0.4, 0.5) is 0 Å². The van der Waals surface area contributed by atoms with E-state index in [2.05, 4.69) is 34.3 Å². The highest BCUT2D eigenvalue weighted by molar-refractivity contribution is 5.93. The van der Waals surface area contributed by atoms with E-state index in [1.807, 2.05) is 12.1 Å². The number of amides is 1. The standard InChI is InChI=1S/C15H20N4O3/c1-11(2)19(10-13-4-3-7-22-13)6-5-16-15(21)12-8-14(20)18-17-9-12/h3-4,7-9,11H,5-6,10H2,1-2H3,(H,16,21)(H,18,20). The van der Waals surface area contributed by atoms with E-state index in [0.29, 0.717) is 25.7 Å². The molecular formula is C15H20N4O3. The highest BCUT2D eigenvalue weighted by Gasteiger charge is 2.12. The summed E-state index contributed by atoms with van der Waals surface area (Å²) in [7, 11) is 0. The molecule has 22 heavy (non-hydrogen) atoms. The van der Waals surface area contributed by atoms with Crippen molar-refractivity contribution in [3.63, 3.8) is 0 Å². The summed E-state index contributed by atoms with van der Waals surface area (Å²) in [6.07, 6.45) is 2.98. The summed E-state index contributed by atoms with van der Waals surface area (Å²) in [5.41, 5.74) is -0.139. The van der Waals surface area contributed by atoms with Crippen molar-refractivity contribution in [2.45, 2.75) is 26.4 Å². The number of carbonyl (C=O) groups is 1. The Hall–Kier alpha value is -2.41. The van der Waals surface area contributed by atoms with Crippen LogP contribution in [0.15, 0.2) is 39.9 Å². The molecule has 2 rings (SSSR count). The first-order chi connectivity index (χ1) is 10.6. The number of hydrogen-bond donors (Lipinski definition) is 2. The van der Waals surface area contributed by atoms with E-state index >= 15 is 0 Å². The average Bonchev–Trinajstić information content (AvgIpc) is 2.99. The molecule has 0 aromatic carbocycles. The molecule has 0 bridgehead atoms. The lowest BCUT2D eigenvalue weighted by molar-refractivity contribution is 0.0942. The molecule has 2 N–H and O–H groups in total. The van der Waals surface area contributed by atoms with E-state index in [4.69, 9.17) is 4.42 Å². The normalized spacial score (nSPS) is 11.1. The molecule has 0 atom stereocenters. The highest BCUT2D eigenvalue weighted by atomic mass is 16.3. The fraction of sp³-hybridized carbons (Fsp3) is 0.400. The first-order valence-electron chi connectivity index (χ1n) is 7.15. The first-order valence-corrected chi connectivity index (χ1v) is 7.15. The van der Waals surface area contributed by atoms with Gasteiger partial charge in [0.2, 0.25) is 0 Å². The Balaban J connectivity index is 1.85. The zero-order valence-corrected chi connectivity index (χ0v) is 12.7. The number of nitrogens with zero attached hydrogens (tertiary/aromatic N) is 2. The molecule has 0 aliphatic carbocycles. The molecule has 0 aliphatic heterocycles. The number of rotatable bonds is 7. The summed E-state index contributed by atoms with van der Waals surface area (Å²) < 4.78 is 5.35. The first kappa shape index (κ1) is 16.0. The summed E-state index contributed by atoms with van der Waals surface area (Å²) in [6, 6.07) is 5.33. The van der Waals surface area contributed by atoms with Crippen LogP contribution >= 0.6 is 0 Å². The topological polar surface area (TPSA) is 91.2 Å². The third-order valence-corrected chi connectivity index (χ3v) is 3.28. The van der Waals surface area contributed by atoms with Gasteiger partial charge in [-0.05, 0) is 26.0 Å². The Bertz CT molecular complexity index is 649. The number of aromatic nitrogens is 2. The molecule has 0 unspecified atom stereocenters. The summed E-state index contributed by atoms with van der Waals surface area (Å²) in [6.45, 7) is 6.02. The van der Waals surface area contributed by atoms with E-state index in [0.717, 1.165) is 5.76 Å². The Morgan fingerprint density at radius 1 is 1.50 bits per heavy atom. The van der Waals surface area contributed by atoms with Crippen molar-refractivity contribution in [2.24, 2.45) is 0 Å². The monoisotopic (exact) mass is 304 g/mol. The van der Waals surface area contributed by atoms with Gasteiger partial charge in [0.25, 0.3) is 11.5 Å². The predicted octanol–water partition coefficient (Wildman–Crippen LogP) is 1.00. The predicted molar refractivity (Wildman–Crippen MR) is 81.4 cm³/mol. The van der Waals surface area contributed by atoms with E-state index < -0.39 is 5.56 Å². The lowest BCUT2D eigenvalue weighted by Crippen LogP contribution is -2.38. The number of furan rings is 1. The van der Waals surface area contributed by atoms with Gasteiger partial charge in [-0.25, -0.2) is 5.10 Å². The third-order valence-electron chi connectivity index (χ3n) is 3.28. The summed E-state index contributed by atoms with van der Waals surface area (Å²) in [5.74, 6) is 0.583. The highest BCUT2D eigenvalue weighted by Crippen LogP contribution is 2.08. The molecule has 0 saturated heterocycles. The van der Waals surface area contributed by atoms with Gasteiger partial charge in [-0.1, -0.05) is 0 Å². The number of hydrogen-bond acceptors (Lipinski definition) is 5. The zero-order chi connectivity index (χ0) is 15.9. The minimum Gasteiger partial charge on any atom is -0.468 e. The van der Waals surface area contributed by atoms with Crippen LogP contribution in [0.25, 0.3) is 0 Å². The SMILES string of the molecule is CC(C)N(CCNC(=O)c1cn[nH]c(=O)c1)Cc1ccco1. The molecule has 7 heteroatoms. The maximum Gasteiger partial charge on any atom is 0.264 e. The summed E-state index contributed by atoms with van der Waals surface area (Å²) in [4.78, 5) is 25.2. The summed E-state index contributed by atoms with van der Waals surface area (Å²) >= 11 is 0. The molecule has 2 heterocycles. The van der Waals surface area contributed by atoms with E-state index in [-0.39, 0.29) is 11.5 Å². The maximum absolute atomic E-state index is 11.9. The van der Waals surface area contributed by atoms with Crippen molar-refractivity contribution in [3.05, 3.63) is 52.3 Å². The molecule has 0 spiro atoms. The molecule has 0 saturated carbocycles. The minimum absolute atomic E-state index is 0.255. The van der Waals surface area contributed by atoms with Crippen LogP contribution in [0.3, 0.4) is 0 Å². The molecule has 0 aliphatic rings. The smallest absolute Gasteiger partial charge is 0.264 e. The van der Waals surface area contributed by atoms with Crippen LogP contribution in [-0.4, -0.2) is 40.1 Å². The van der Waals surface area contributed by atoms with Crippen LogP contribution in [0, 0.1) is 0 Å². The third kappa shape index (κ3) is 4.56. The Labute approximate surface area is 128 Å². The van der Waals surface area contributed by atoms with E-state index in [1.54, 1.807) is 6.26 Å². The van der Waals surface area contributed by atoms with Crippen molar-refractivity contribution < 1.29 is 9.21 Å². The van der Waals surface area contributed by atoms with E-state index in [1.165, 1.54) is 12.3 Å². The Morgan fingerprint density at radius 3 is 2.95 bits per heavy atom. The molecule has 2 aromatic heterocycles. The van der Waals surface area contributed by atoms with Gasteiger partial charge in [-0.2, -0.15) is 5.10 Å². The van der Waals surface area contributed by atoms with Gasteiger partial charge < -0.3 is 9.73 Å². The maximum atomic E-state index is 11.9.